The second kappa shape index (κ2) is 4.57. The number of aromatic amines is 1. The van der Waals surface area contributed by atoms with Crippen LogP contribution in [0.15, 0.2) is 35.1 Å². The molecule has 100 valence electrons. The number of carboxylic acids is 1. The van der Waals surface area contributed by atoms with Gasteiger partial charge in [-0.25, -0.2) is 9.67 Å². The number of carboxylic acid groups (broad SMARTS) is 1. The molecule has 0 atom stereocenters. The number of H-pyrrole nitrogens is 1. The smallest absolute Gasteiger partial charge is 0.325 e. The van der Waals surface area contributed by atoms with Gasteiger partial charge in [-0.1, -0.05) is 35.5 Å². The lowest BCUT2D eigenvalue weighted by Gasteiger charge is -2.01. The highest BCUT2D eigenvalue weighted by Crippen LogP contribution is 2.14. The zero-order valence-electron chi connectivity index (χ0n) is 10.1. The molecule has 8 heteroatoms. The van der Waals surface area contributed by atoms with E-state index in [0.717, 1.165) is 10.2 Å². The van der Waals surface area contributed by atoms with E-state index in [-0.39, 0.29) is 11.2 Å². The lowest BCUT2D eigenvalue weighted by Crippen LogP contribution is -2.13. The van der Waals surface area contributed by atoms with Crippen molar-refractivity contribution in [2.75, 3.05) is 0 Å². The van der Waals surface area contributed by atoms with Crippen LogP contribution in [0.5, 0.6) is 0 Å². The van der Waals surface area contributed by atoms with Gasteiger partial charge in [0, 0.05) is 5.56 Å². The lowest BCUT2D eigenvalue weighted by molar-refractivity contribution is -0.137. The molecule has 0 fully saturated rings. The van der Waals surface area contributed by atoms with E-state index in [1.54, 1.807) is 12.1 Å². The molecule has 0 radical (unpaired) electrons. The first kappa shape index (κ1) is 12.0. The van der Waals surface area contributed by atoms with Crippen LogP contribution in [0, 0.1) is 0 Å². The molecule has 8 nitrogen and oxygen atoms in total. The van der Waals surface area contributed by atoms with Gasteiger partial charge in [-0.3, -0.25) is 9.59 Å². The van der Waals surface area contributed by atoms with Gasteiger partial charge in [0.1, 0.15) is 12.4 Å². The Morgan fingerprint density at radius 1 is 1.30 bits per heavy atom. The van der Waals surface area contributed by atoms with E-state index in [0.29, 0.717) is 5.82 Å². The predicted octanol–water partition coefficient (Wildman–Crippen LogP) is 0.266. The van der Waals surface area contributed by atoms with E-state index in [9.17, 15) is 9.59 Å². The normalized spacial score (nSPS) is 10.8. The fourth-order valence-electron chi connectivity index (χ4n) is 1.83. The van der Waals surface area contributed by atoms with Crippen molar-refractivity contribution in [3.63, 3.8) is 0 Å². The maximum absolute atomic E-state index is 11.9. The van der Waals surface area contributed by atoms with Crippen LogP contribution in [0.3, 0.4) is 0 Å². The molecule has 0 saturated carbocycles. The Bertz CT molecular complexity index is 837. The highest BCUT2D eigenvalue weighted by atomic mass is 16.4. The van der Waals surface area contributed by atoms with Gasteiger partial charge >= 0.3 is 5.97 Å². The summed E-state index contributed by atoms with van der Waals surface area (Å²) >= 11 is 0. The molecule has 20 heavy (non-hydrogen) atoms. The van der Waals surface area contributed by atoms with E-state index < -0.39 is 18.1 Å². The fourth-order valence-corrected chi connectivity index (χ4v) is 1.83. The van der Waals surface area contributed by atoms with Crippen LogP contribution in [0.25, 0.3) is 22.6 Å². The van der Waals surface area contributed by atoms with Gasteiger partial charge in [0.05, 0.1) is 0 Å². The van der Waals surface area contributed by atoms with Crippen LogP contribution in [-0.2, 0) is 11.3 Å². The molecule has 0 aliphatic heterocycles. The van der Waals surface area contributed by atoms with Crippen LogP contribution >= 0.6 is 0 Å². The van der Waals surface area contributed by atoms with Gasteiger partial charge in [-0.2, -0.15) is 0 Å². The first-order chi connectivity index (χ1) is 9.65. The number of hydrogen-bond donors (Lipinski definition) is 2. The zero-order valence-corrected chi connectivity index (χ0v) is 10.1. The molecule has 0 amide bonds. The number of rotatable bonds is 3. The molecular formula is C12H9N5O3. The van der Waals surface area contributed by atoms with Gasteiger partial charge in [0.2, 0.25) is 0 Å². The summed E-state index contributed by atoms with van der Waals surface area (Å²) < 4.78 is 1.08. The molecule has 3 aromatic rings. The zero-order chi connectivity index (χ0) is 14.1. The van der Waals surface area contributed by atoms with Crippen molar-refractivity contribution >= 4 is 17.1 Å². The van der Waals surface area contributed by atoms with E-state index in [2.05, 4.69) is 20.3 Å². The largest absolute Gasteiger partial charge is 0.480 e. The Balaban J connectivity index is 2.21. The monoisotopic (exact) mass is 271 g/mol. The number of aromatic nitrogens is 5. The molecule has 0 aliphatic rings. The van der Waals surface area contributed by atoms with Crippen molar-refractivity contribution in [1.29, 1.82) is 0 Å². The van der Waals surface area contributed by atoms with Gasteiger partial charge in [0.15, 0.2) is 11.2 Å². The minimum absolute atomic E-state index is 0.0194. The Morgan fingerprint density at radius 3 is 2.75 bits per heavy atom. The van der Waals surface area contributed by atoms with Crippen molar-refractivity contribution in [3.8, 4) is 11.4 Å². The van der Waals surface area contributed by atoms with Gasteiger partial charge in [-0.15, -0.1) is 5.10 Å². The summed E-state index contributed by atoms with van der Waals surface area (Å²) in [5, 5.41) is 16.1. The summed E-state index contributed by atoms with van der Waals surface area (Å²) in [6.07, 6.45) is 0. The summed E-state index contributed by atoms with van der Waals surface area (Å²) in [6, 6.07) is 9.04. The van der Waals surface area contributed by atoms with E-state index in [1.165, 1.54) is 0 Å². The van der Waals surface area contributed by atoms with Crippen molar-refractivity contribution in [2.24, 2.45) is 0 Å². The molecule has 0 bridgehead atoms. The molecule has 2 N–H and O–H groups in total. The average Bonchev–Trinajstić information content (AvgIpc) is 2.83. The number of hydrogen-bond acceptors (Lipinski definition) is 5. The van der Waals surface area contributed by atoms with Crippen LogP contribution in [0.1, 0.15) is 0 Å². The SMILES string of the molecule is O=C(O)Cn1nnc2c(=O)[nH]c(-c3ccccc3)nc21. The third-order valence-corrected chi connectivity index (χ3v) is 2.71. The van der Waals surface area contributed by atoms with Crippen molar-refractivity contribution in [3.05, 3.63) is 40.7 Å². The summed E-state index contributed by atoms with van der Waals surface area (Å²) in [5.74, 6) is -0.739. The molecular weight excluding hydrogens is 262 g/mol. The summed E-state index contributed by atoms with van der Waals surface area (Å²) in [6.45, 7) is -0.402. The van der Waals surface area contributed by atoms with Gasteiger partial charge in [0.25, 0.3) is 5.56 Å². The summed E-state index contributed by atoms with van der Waals surface area (Å²) in [5.41, 5.74) is 0.431. The van der Waals surface area contributed by atoms with Crippen molar-refractivity contribution in [1.82, 2.24) is 25.0 Å². The minimum atomic E-state index is -1.08. The first-order valence-electron chi connectivity index (χ1n) is 5.76. The third kappa shape index (κ3) is 2.03. The van der Waals surface area contributed by atoms with E-state index >= 15 is 0 Å². The van der Waals surface area contributed by atoms with Crippen molar-refractivity contribution in [2.45, 2.75) is 6.54 Å². The molecule has 0 spiro atoms. The van der Waals surface area contributed by atoms with Gasteiger partial charge in [-0.05, 0) is 0 Å². The number of benzene rings is 1. The first-order valence-corrected chi connectivity index (χ1v) is 5.76. The molecule has 3 rings (SSSR count). The van der Waals surface area contributed by atoms with E-state index in [1.807, 2.05) is 18.2 Å². The Morgan fingerprint density at radius 2 is 2.05 bits per heavy atom. The Kier molecular flexibility index (Phi) is 2.75. The molecule has 2 heterocycles. The van der Waals surface area contributed by atoms with Crippen LogP contribution < -0.4 is 5.56 Å². The predicted molar refractivity (Wildman–Crippen MR) is 69.0 cm³/mol. The van der Waals surface area contributed by atoms with Crippen LogP contribution in [0.2, 0.25) is 0 Å². The van der Waals surface area contributed by atoms with Crippen molar-refractivity contribution < 1.29 is 9.90 Å². The second-order valence-electron chi connectivity index (χ2n) is 4.09. The number of aliphatic carboxylic acids is 1. The average molecular weight is 271 g/mol. The topological polar surface area (TPSA) is 114 Å². The molecule has 0 unspecified atom stereocenters. The molecule has 1 aromatic carbocycles. The molecule has 0 aliphatic carbocycles. The Hall–Kier alpha value is -3.03. The number of fused-ring (bicyclic) bond motifs is 1. The van der Waals surface area contributed by atoms with Gasteiger partial charge < -0.3 is 10.1 Å². The molecule has 2 aromatic heterocycles. The summed E-state index contributed by atoms with van der Waals surface area (Å²) in [4.78, 5) is 29.5. The standard InChI is InChI=1S/C12H9N5O3/c18-8(19)6-17-11-9(15-16-17)12(20)14-10(13-11)7-4-2-1-3-5-7/h1-5H,6H2,(H,18,19)(H,13,14,20). The quantitative estimate of drug-likeness (QED) is 0.706. The van der Waals surface area contributed by atoms with Crippen LogP contribution in [-0.4, -0.2) is 36.0 Å². The lowest BCUT2D eigenvalue weighted by atomic mass is 10.2. The maximum Gasteiger partial charge on any atom is 0.325 e. The van der Waals surface area contributed by atoms with Crippen LogP contribution in [0.4, 0.5) is 0 Å². The Labute approximate surface area is 111 Å². The third-order valence-electron chi connectivity index (χ3n) is 2.71. The highest BCUT2D eigenvalue weighted by Gasteiger charge is 2.14. The van der Waals surface area contributed by atoms with E-state index in [4.69, 9.17) is 5.11 Å². The second-order valence-corrected chi connectivity index (χ2v) is 4.09. The molecule has 0 saturated heterocycles. The number of nitrogens with zero attached hydrogens (tertiary/aromatic N) is 4. The minimum Gasteiger partial charge on any atom is -0.480 e. The number of carbonyl (C=O) groups is 1. The highest BCUT2D eigenvalue weighted by molar-refractivity contribution is 5.74. The number of nitrogens with one attached hydrogen (secondary N) is 1. The summed E-state index contributed by atoms with van der Waals surface area (Å²) in [7, 11) is 0. The fraction of sp³-hybridized carbons (Fsp3) is 0.0833. The maximum atomic E-state index is 11.9.